The lowest BCUT2D eigenvalue weighted by Gasteiger charge is -2.06. The van der Waals surface area contributed by atoms with Crippen molar-refractivity contribution in [3.63, 3.8) is 0 Å². The molecule has 2 heterocycles. The van der Waals surface area contributed by atoms with Crippen molar-refractivity contribution in [3.8, 4) is 17.1 Å². The fraction of sp³-hybridized carbons (Fsp3) is 0.111. The zero-order valence-corrected chi connectivity index (χ0v) is 15.0. The van der Waals surface area contributed by atoms with Crippen LogP contribution >= 0.6 is 11.8 Å². The normalized spacial score (nSPS) is 11.7. The predicted molar refractivity (Wildman–Crippen MR) is 95.7 cm³/mol. The SMILES string of the molecule is FC(F)(F)c1cccc(-c2noc(CSc3nncn3-c3ccccc3)n2)c1. The Morgan fingerprint density at radius 3 is 2.64 bits per heavy atom. The Morgan fingerprint density at radius 2 is 1.86 bits per heavy atom. The number of para-hydroxylation sites is 1. The van der Waals surface area contributed by atoms with E-state index < -0.39 is 11.7 Å². The third-order valence-electron chi connectivity index (χ3n) is 3.79. The van der Waals surface area contributed by atoms with Crippen LogP contribution in [0.5, 0.6) is 0 Å². The van der Waals surface area contributed by atoms with E-state index in [-0.39, 0.29) is 17.3 Å². The lowest BCUT2D eigenvalue weighted by molar-refractivity contribution is -0.137. The number of halogens is 3. The van der Waals surface area contributed by atoms with Crippen LogP contribution in [0.4, 0.5) is 13.2 Å². The Balaban J connectivity index is 1.49. The summed E-state index contributed by atoms with van der Waals surface area (Å²) in [6.07, 6.45) is -2.83. The van der Waals surface area contributed by atoms with Gasteiger partial charge >= 0.3 is 6.18 Å². The van der Waals surface area contributed by atoms with E-state index in [4.69, 9.17) is 4.52 Å². The first kappa shape index (κ1) is 18.2. The molecule has 6 nitrogen and oxygen atoms in total. The second-order valence-corrected chi connectivity index (χ2v) is 6.64. The minimum Gasteiger partial charge on any atom is -0.338 e. The maximum atomic E-state index is 12.9. The van der Waals surface area contributed by atoms with Gasteiger partial charge in [0.2, 0.25) is 11.7 Å². The zero-order valence-electron chi connectivity index (χ0n) is 14.2. The molecule has 4 aromatic rings. The second kappa shape index (κ2) is 7.47. The van der Waals surface area contributed by atoms with E-state index in [1.54, 1.807) is 6.33 Å². The van der Waals surface area contributed by atoms with Gasteiger partial charge in [-0.15, -0.1) is 10.2 Å². The van der Waals surface area contributed by atoms with E-state index in [1.165, 1.54) is 23.9 Å². The second-order valence-electron chi connectivity index (χ2n) is 5.70. The number of nitrogens with zero attached hydrogens (tertiary/aromatic N) is 5. The molecule has 0 radical (unpaired) electrons. The van der Waals surface area contributed by atoms with Crippen molar-refractivity contribution in [2.45, 2.75) is 17.1 Å². The number of rotatable bonds is 5. The largest absolute Gasteiger partial charge is 0.416 e. The van der Waals surface area contributed by atoms with E-state index in [2.05, 4.69) is 20.3 Å². The monoisotopic (exact) mass is 403 g/mol. The van der Waals surface area contributed by atoms with Crippen LogP contribution in [0.1, 0.15) is 11.5 Å². The van der Waals surface area contributed by atoms with Crippen molar-refractivity contribution in [2.75, 3.05) is 0 Å². The van der Waals surface area contributed by atoms with Gasteiger partial charge < -0.3 is 4.52 Å². The molecule has 0 amide bonds. The Labute approximate surface area is 161 Å². The van der Waals surface area contributed by atoms with Gasteiger partial charge in [-0.25, -0.2) is 0 Å². The van der Waals surface area contributed by atoms with E-state index >= 15 is 0 Å². The number of hydrogen-bond acceptors (Lipinski definition) is 6. The molecule has 0 saturated heterocycles. The summed E-state index contributed by atoms with van der Waals surface area (Å²) in [6, 6.07) is 14.4. The van der Waals surface area contributed by atoms with E-state index in [0.717, 1.165) is 17.8 Å². The summed E-state index contributed by atoms with van der Waals surface area (Å²) in [5.41, 5.74) is 0.383. The number of hydrogen-bond donors (Lipinski definition) is 0. The lowest BCUT2D eigenvalue weighted by Crippen LogP contribution is -2.04. The summed E-state index contributed by atoms with van der Waals surface area (Å²) in [4.78, 5) is 4.18. The van der Waals surface area contributed by atoms with Crippen LogP contribution in [-0.2, 0) is 11.9 Å². The molecule has 0 aliphatic carbocycles. The molecule has 142 valence electrons. The number of thioether (sulfide) groups is 1. The van der Waals surface area contributed by atoms with Crippen molar-refractivity contribution in [1.29, 1.82) is 0 Å². The van der Waals surface area contributed by atoms with Gasteiger partial charge in [0.1, 0.15) is 6.33 Å². The number of benzene rings is 2. The van der Waals surface area contributed by atoms with Gasteiger partial charge in [0, 0.05) is 11.3 Å². The maximum absolute atomic E-state index is 12.9. The standard InChI is InChI=1S/C18H12F3N5OS/c19-18(20,21)13-6-4-5-12(9-13)16-23-15(27-25-16)10-28-17-24-22-11-26(17)14-7-2-1-3-8-14/h1-9,11H,10H2. The molecule has 0 atom stereocenters. The van der Waals surface area contributed by atoms with E-state index in [9.17, 15) is 13.2 Å². The van der Waals surface area contributed by atoms with Gasteiger partial charge in [0.25, 0.3) is 0 Å². The minimum absolute atomic E-state index is 0.103. The van der Waals surface area contributed by atoms with Crippen LogP contribution in [0.2, 0.25) is 0 Å². The molecule has 4 rings (SSSR count). The molecule has 0 N–H and O–H groups in total. The third kappa shape index (κ3) is 3.91. The van der Waals surface area contributed by atoms with Crippen LogP contribution in [0, 0.1) is 0 Å². The van der Waals surface area contributed by atoms with Crippen molar-refractivity contribution < 1.29 is 17.7 Å². The molecule has 28 heavy (non-hydrogen) atoms. The molecule has 2 aromatic carbocycles. The summed E-state index contributed by atoms with van der Waals surface area (Å²) in [6.45, 7) is 0. The summed E-state index contributed by atoms with van der Waals surface area (Å²) in [5, 5.41) is 12.4. The molecule has 2 aromatic heterocycles. The predicted octanol–water partition coefficient (Wildman–Crippen LogP) is 4.63. The van der Waals surface area contributed by atoms with Crippen LogP contribution in [0.15, 0.2) is 70.6 Å². The van der Waals surface area contributed by atoms with Crippen molar-refractivity contribution in [3.05, 3.63) is 72.4 Å². The van der Waals surface area contributed by atoms with Crippen LogP contribution in [0.3, 0.4) is 0 Å². The first-order valence-corrected chi connectivity index (χ1v) is 9.08. The fourth-order valence-electron chi connectivity index (χ4n) is 2.48. The summed E-state index contributed by atoms with van der Waals surface area (Å²) >= 11 is 1.33. The molecule has 0 bridgehead atoms. The van der Waals surface area contributed by atoms with E-state index in [1.807, 2.05) is 34.9 Å². The molecular formula is C18H12F3N5OS. The molecule has 0 fully saturated rings. The summed E-state index contributed by atoms with van der Waals surface area (Å²) < 4.78 is 45.6. The summed E-state index contributed by atoms with van der Waals surface area (Å²) in [7, 11) is 0. The Kier molecular flexibility index (Phi) is 4.86. The third-order valence-corrected chi connectivity index (χ3v) is 4.72. The first-order chi connectivity index (χ1) is 13.5. The average molecular weight is 403 g/mol. The highest BCUT2D eigenvalue weighted by Gasteiger charge is 2.30. The molecule has 0 spiro atoms. The Morgan fingerprint density at radius 1 is 1.04 bits per heavy atom. The fourth-order valence-corrected chi connectivity index (χ4v) is 3.25. The van der Waals surface area contributed by atoms with Crippen LogP contribution < -0.4 is 0 Å². The lowest BCUT2D eigenvalue weighted by atomic mass is 10.1. The minimum atomic E-state index is -4.43. The Hall–Kier alpha value is -3.14. The number of aromatic nitrogens is 5. The molecule has 0 aliphatic heterocycles. The molecule has 0 aliphatic rings. The smallest absolute Gasteiger partial charge is 0.338 e. The van der Waals surface area contributed by atoms with Gasteiger partial charge in [0.15, 0.2) is 5.16 Å². The first-order valence-electron chi connectivity index (χ1n) is 8.09. The highest BCUT2D eigenvalue weighted by Crippen LogP contribution is 2.31. The molecule has 10 heteroatoms. The van der Waals surface area contributed by atoms with Crippen molar-refractivity contribution in [2.24, 2.45) is 0 Å². The summed E-state index contributed by atoms with van der Waals surface area (Å²) in [5.74, 6) is 0.684. The highest BCUT2D eigenvalue weighted by molar-refractivity contribution is 7.98. The van der Waals surface area contributed by atoms with Gasteiger partial charge in [-0.2, -0.15) is 18.2 Å². The van der Waals surface area contributed by atoms with Crippen LogP contribution in [-0.4, -0.2) is 24.9 Å². The van der Waals surface area contributed by atoms with Gasteiger partial charge in [-0.1, -0.05) is 47.3 Å². The van der Waals surface area contributed by atoms with Gasteiger partial charge in [0.05, 0.1) is 11.3 Å². The van der Waals surface area contributed by atoms with Crippen molar-refractivity contribution >= 4 is 11.8 Å². The molecule has 0 unspecified atom stereocenters. The maximum Gasteiger partial charge on any atom is 0.416 e. The van der Waals surface area contributed by atoms with E-state index in [0.29, 0.717) is 10.9 Å². The van der Waals surface area contributed by atoms with Crippen LogP contribution in [0.25, 0.3) is 17.1 Å². The van der Waals surface area contributed by atoms with Crippen molar-refractivity contribution in [1.82, 2.24) is 24.9 Å². The highest BCUT2D eigenvalue weighted by atomic mass is 32.2. The zero-order chi connectivity index (χ0) is 19.6. The number of alkyl halides is 3. The molecular weight excluding hydrogens is 391 g/mol. The topological polar surface area (TPSA) is 69.6 Å². The van der Waals surface area contributed by atoms with Gasteiger partial charge in [-0.05, 0) is 24.3 Å². The quantitative estimate of drug-likeness (QED) is 0.453. The van der Waals surface area contributed by atoms with Gasteiger partial charge in [-0.3, -0.25) is 4.57 Å². The Bertz CT molecular complexity index is 1080. The average Bonchev–Trinajstić information content (AvgIpc) is 3.36. The molecule has 0 saturated carbocycles.